The summed E-state index contributed by atoms with van der Waals surface area (Å²) in [5.74, 6) is 0.850. The number of aliphatic hydroxyl groups excluding tert-OH is 1. The second-order valence-electron chi connectivity index (χ2n) is 8.93. The first-order valence-corrected chi connectivity index (χ1v) is 13.0. The third-order valence-corrected chi connectivity index (χ3v) is 7.54. The summed E-state index contributed by atoms with van der Waals surface area (Å²) in [4.78, 5) is 13.4. The lowest BCUT2D eigenvalue weighted by atomic mass is 9.83. The summed E-state index contributed by atoms with van der Waals surface area (Å²) < 4.78 is 17.9. The van der Waals surface area contributed by atoms with Crippen LogP contribution >= 0.6 is 11.8 Å². The number of esters is 1. The minimum Gasteiger partial charge on any atom is -0.511 e. The van der Waals surface area contributed by atoms with Crippen LogP contribution in [0, 0.1) is 0 Å². The molecular weight excluding hydrogens is 472 g/mol. The van der Waals surface area contributed by atoms with E-state index in [-0.39, 0.29) is 23.4 Å². The average molecular weight is 501 g/mol. The van der Waals surface area contributed by atoms with E-state index in [9.17, 15) is 9.90 Å². The van der Waals surface area contributed by atoms with Gasteiger partial charge in [-0.2, -0.15) is 0 Å². The maximum Gasteiger partial charge on any atom is 0.348 e. The highest BCUT2D eigenvalue weighted by molar-refractivity contribution is 8.03. The molecule has 0 bridgehead atoms. The Bertz CT molecular complexity index is 1240. The van der Waals surface area contributed by atoms with E-state index in [0.29, 0.717) is 30.8 Å². The van der Waals surface area contributed by atoms with E-state index >= 15 is 0 Å². The molecule has 5 rings (SSSR count). The number of carbonyl (C=O) groups excluding carboxylic acids is 1. The molecule has 0 saturated heterocycles. The molecule has 2 aliphatic heterocycles. The largest absolute Gasteiger partial charge is 0.511 e. The van der Waals surface area contributed by atoms with Crippen LogP contribution in [0.2, 0.25) is 0 Å². The van der Waals surface area contributed by atoms with E-state index in [1.807, 2.05) is 91.0 Å². The van der Waals surface area contributed by atoms with Crippen LogP contribution in [-0.2, 0) is 36.8 Å². The number of allylic oxidation sites excluding steroid dienone is 1. The molecule has 6 heteroatoms. The first-order chi connectivity index (χ1) is 17.6. The second-order valence-corrected chi connectivity index (χ2v) is 9.92. The van der Waals surface area contributed by atoms with Gasteiger partial charge < -0.3 is 19.3 Å². The first-order valence-electron chi connectivity index (χ1n) is 12.0. The molecule has 2 heterocycles. The Labute approximate surface area is 215 Å². The van der Waals surface area contributed by atoms with Gasteiger partial charge in [-0.05, 0) is 23.1 Å². The summed E-state index contributed by atoms with van der Waals surface area (Å²) >= 11 is 1.31. The molecule has 0 spiro atoms. The van der Waals surface area contributed by atoms with E-state index < -0.39 is 11.6 Å². The van der Waals surface area contributed by atoms with Gasteiger partial charge in [0.25, 0.3) is 0 Å². The zero-order chi connectivity index (χ0) is 24.8. The van der Waals surface area contributed by atoms with Crippen molar-refractivity contribution in [3.05, 3.63) is 130 Å². The van der Waals surface area contributed by atoms with Gasteiger partial charge in [0.1, 0.15) is 28.3 Å². The molecule has 0 radical (unpaired) electrons. The van der Waals surface area contributed by atoms with Crippen molar-refractivity contribution >= 4 is 17.7 Å². The SMILES string of the molecule is O=C1OC(CCC2=COC(Cc3ccccc3)O2)(c2ccccc2)CC(O)=C1SCc1ccccc1. The Morgan fingerprint density at radius 1 is 0.889 bits per heavy atom. The van der Waals surface area contributed by atoms with Crippen LogP contribution in [0.4, 0.5) is 0 Å². The molecule has 1 N–H and O–H groups in total. The molecule has 3 aromatic rings. The fourth-order valence-corrected chi connectivity index (χ4v) is 5.40. The molecule has 3 aromatic carbocycles. The molecule has 5 nitrogen and oxygen atoms in total. The quantitative estimate of drug-likeness (QED) is 0.327. The van der Waals surface area contributed by atoms with E-state index in [2.05, 4.69) is 0 Å². The standard InChI is InChI=1S/C30H28O5S/c31-26-19-30(24-14-8-3-9-15-24,35-29(32)28(26)36-21-23-12-6-2-7-13-23)17-16-25-20-33-27(34-25)18-22-10-4-1-5-11-22/h1-15,20,27,31H,16-19,21H2. The molecule has 2 atom stereocenters. The third kappa shape index (κ3) is 5.60. The van der Waals surface area contributed by atoms with Crippen molar-refractivity contribution < 1.29 is 24.1 Å². The lowest BCUT2D eigenvalue weighted by Crippen LogP contribution is -2.37. The van der Waals surface area contributed by atoms with Gasteiger partial charge in [-0.25, -0.2) is 4.79 Å². The summed E-state index contributed by atoms with van der Waals surface area (Å²) in [6, 6.07) is 29.5. The minimum absolute atomic E-state index is 0.0653. The molecular formula is C30H28O5S. The van der Waals surface area contributed by atoms with Crippen molar-refractivity contribution in [1.82, 2.24) is 0 Å². The van der Waals surface area contributed by atoms with Crippen molar-refractivity contribution in [2.45, 2.75) is 43.3 Å². The van der Waals surface area contributed by atoms with E-state index in [0.717, 1.165) is 16.7 Å². The van der Waals surface area contributed by atoms with Gasteiger partial charge in [0.05, 0.1) is 6.42 Å². The van der Waals surface area contributed by atoms with E-state index in [1.54, 1.807) is 6.26 Å². The Hall–Kier alpha value is -3.64. The smallest absolute Gasteiger partial charge is 0.348 e. The Morgan fingerprint density at radius 3 is 2.19 bits per heavy atom. The highest BCUT2D eigenvalue weighted by Crippen LogP contribution is 2.45. The van der Waals surface area contributed by atoms with E-state index in [4.69, 9.17) is 14.2 Å². The Balaban J connectivity index is 1.28. The number of hydrogen-bond donors (Lipinski definition) is 1. The van der Waals surface area contributed by atoms with Gasteiger partial charge in [0, 0.05) is 18.6 Å². The van der Waals surface area contributed by atoms with Crippen LogP contribution in [0.5, 0.6) is 0 Å². The molecule has 0 amide bonds. The fourth-order valence-electron chi connectivity index (χ4n) is 4.50. The normalized spacial score (nSPS) is 21.4. The van der Waals surface area contributed by atoms with Gasteiger partial charge in [-0.15, -0.1) is 11.8 Å². The number of ether oxygens (including phenoxy) is 3. The first kappa shape index (κ1) is 24.1. The zero-order valence-electron chi connectivity index (χ0n) is 19.8. The van der Waals surface area contributed by atoms with Crippen LogP contribution < -0.4 is 0 Å². The van der Waals surface area contributed by atoms with Crippen LogP contribution in [-0.4, -0.2) is 17.4 Å². The predicted molar refractivity (Wildman–Crippen MR) is 140 cm³/mol. The predicted octanol–water partition coefficient (Wildman–Crippen LogP) is 6.77. The molecule has 0 aromatic heterocycles. The van der Waals surface area contributed by atoms with Crippen LogP contribution in [0.25, 0.3) is 0 Å². The molecule has 0 saturated carbocycles. The Morgan fingerprint density at radius 2 is 1.53 bits per heavy atom. The van der Waals surface area contributed by atoms with Crippen molar-refractivity contribution in [2.24, 2.45) is 0 Å². The summed E-state index contributed by atoms with van der Waals surface area (Å²) in [5, 5.41) is 11.0. The average Bonchev–Trinajstić information content (AvgIpc) is 3.36. The maximum absolute atomic E-state index is 13.1. The number of rotatable bonds is 9. The minimum atomic E-state index is -0.985. The maximum atomic E-state index is 13.1. The lowest BCUT2D eigenvalue weighted by molar-refractivity contribution is -0.160. The van der Waals surface area contributed by atoms with Crippen LogP contribution in [0.1, 0.15) is 36.0 Å². The Kier molecular flexibility index (Phi) is 7.33. The number of benzene rings is 3. The molecule has 184 valence electrons. The van der Waals surface area contributed by atoms with Crippen molar-refractivity contribution in [3.8, 4) is 0 Å². The number of thioether (sulfide) groups is 1. The molecule has 0 aliphatic carbocycles. The second kappa shape index (κ2) is 11.0. The van der Waals surface area contributed by atoms with Gasteiger partial charge in [-0.3, -0.25) is 0 Å². The summed E-state index contributed by atoms with van der Waals surface area (Å²) in [6.45, 7) is 0. The van der Waals surface area contributed by atoms with Crippen LogP contribution in [0.15, 0.2) is 114 Å². The topological polar surface area (TPSA) is 65.0 Å². The number of carbonyl (C=O) groups is 1. The molecule has 2 unspecified atom stereocenters. The monoisotopic (exact) mass is 500 g/mol. The summed E-state index contributed by atoms with van der Waals surface area (Å²) in [6.07, 6.45) is 3.09. The van der Waals surface area contributed by atoms with Gasteiger partial charge in [0.2, 0.25) is 6.29 Å². The molecule has 36 heavy (non-hydrogen) atoms. The summed E-state index contributed by atoms with van der Waals surface area (Å²) in [7, 11) is 0. The summed E-state index contributed by atoms with van der Waals surface area (Å²) in [5.41, 5.74) is 2.07. The number of aliphatic hydroxyl groups is 1. The molecule has 2 aliphatic rings. The fraction of sp³-hybridized carbons (Fsp3) is 0.233. The van der Waals surface area contributed by atoms with Crippen molar-refractivity contribution in [2.75, 3.05) is 0 Å². The van der Waals surface area contributed by atoms with Gasteiger partial charge in [-0.1, -0.05) is 91.0 Å². The number of cyclic esters (lactones) is 1. The highest BCUT2D eigenvalue weighted by atomic mass is 32.2. The highest BCUT2D eigenvalue weighted by Gasteiger charge is 2.44. The molecule has 0 fully saturated rings. The van der Waals surface area contributed by atoms with Crippen molar-refractivity contribution in [1.29, 1.82) is 0 Å². The zero-order valence-corrected chi connectivity index (χ0v) is 20.7. The van der Waals surface area contributed by atoms with E-state index in [1.165, 1.54) is 11.8 Å². The van der Waals surface area contributed by atoms with Crippen molar-refractivity contribution in [3.63, 3.8) is 0 Å². The van der Waals surface area contributed by atoms with Crippen LogP contribution in [0.3, 0.4) is 0 Å². The lowest BCUT2D eigenvalue weighted by Gasteiger charge is -2.37. The van der Waals surface area contributed by atoms with Gasteiger partial charge >= 0.3 is 5.97 Å². The number of hydrogen-bond acceptors (Lipinski definition) is 6. The third-order valence-electron chi connectivity index (χ3n) is 6.37. The van der Waals surface area contributed by atoms with Gasteiger partial charge in [0.15, 0.2) is 0 Å².